The van der Waals surface area contributed by atoms with E-state index < -0.39 is 0 Å². The third-order valence-electron chi connectivity index (χ3n) is 2.44. The Labute approximate surface area is 107 Å². The lowest BCUT2D eigenvalue weighted by Crippen LogP contribution is -2.30. The van der Waals surface area contributed by atoms with Gasteiger partial charge < -0.3 is 25.3 Å². The van der Waals surface area contributed by atoms with E-state index >= 15 is 0 Å². The van der Waals surface area contributed by atoms with E-state index in [1.54, 1.807) is 28.4 Å². The van der Waals surface area contributed by atoms with E-state index in [1.807, 2.05) is 12.1 Å². The van der Waals surface area contributed by atoms with Crippen LogP contribution in [0.15, 0.2) is 17.1 Å². The van der Waals surface area contributed by atoms with Crippen molar-refractivity contribution < 1.29 is 14.2 Å². The maximum absolute atomic E-state index is 5.57. The molecule has 0 aliphatic carbocycles. The fourth-order valence-corrected chi connectivity index (χ4v) is 1.51. The van der Waals surface area contributed by atoms with Gasteiger partial charge in [-0.25, -0.2) is 0 Å². The van der Waals surface area contributed by atoms with Crippen molar-refractivity contribution in [1.29, 1.82) is 0 Å². The van der Waals surface area contributed by atoms with Gasteiger partial charge in [0.05, 0.1) is 21.3 Å². The molecule has 3 N–H and O–H groups in total. The van der Waals surface area contributed by atoms with Gasteiger partial charge in [0.25, 0.3) is 0 Å². The first-order chi connectivity index (χ1) is 8.65. The standard InChI is InChI=1S/C12H19N3O3/c1-14-12(13)15-7-8-5-9(16-2)11(18-4)10(6-8)17-3/h5-6H,7H2,1-4H3,(H3,13,14,15). The van der Waals surface area contributed by atoms with Crippen LogP contribution in [0.2, 0.25) is 0 Å². The number of nitrogens with one attached hydrogen (secondary N) is 1. The largest absolute Gasteiger partial charge is 0.493 e. The van der Waals surface area contributed by atoms with Gasteiger partial charge in [-0.15, -0.1) is 0 Å². The summed E-state index contributed by atoms with van der Waals surface area (Å²) >= 11 is 0. The lowest BCUT2D eigenvalue weighted by molar-refractivity contribution is 0.323. The minimum atomic E-state index is 0.378. The van der Waals surface area contributed by atoms with Gasteiger partial charge in [0.1, 0.15) is 0 Å². The molecule has 0 atom stereocenters. The Balaban J connectivity index is 3.00. The lowest BCUT2D eigenvalue weighted by atomic mass is 10.2. The van der Waals surface area contributed by atoms with E-state index in [1.165, 1.54) is 0 Å². The van der Waals surface area contributed by atoms with Crippen LogP contribution in [-0.2, 0) is 6.54 Å². The Hall–Kier alpha value is -2.11. The Morgan fingerprint density at radius 1 is 1.17 bits per heavy atom. The van der Waals surface area contributed by atoms with Gasteiger partial charge in [-0.1, -0.05) is 0 Å². The number of nitrogens with two attached hydrogens (primary N) is 1. The van der Waals surface area contributed by atoms with E-state index in [4.69, 9.17) is 19.9 Å². The summed E-state index contributed by atoms with van der Waals surface area (Å²) in [5, 5.41) is 2.96. The van der Waals surface area contributed by atoms with Crippen LogP contribution in [0.3, 0.4) is 0 Å². The quantitative estimate of drug-likeness (QED) is 0.598. The average Bonchev–Trinajstić information content (AvgIpc) is 2.43. The van der Waals surface area contributed by atoms with Crippen LogP contribution in [0.5, 0.6) is 17.2 Å². The normalized spacial score (nSPS) is 11.0. The molecule has 0 fully saturated rings. The molecular formula is C12H19N3O3. The molecule has 0 radical (unpaired) electrons. The van der Waals surface area contributed by atoms with Crippen molar-refractivity contribution >= 4 is 5.96 Å². The Morgan fingerprint density at radius 2 is 1.72 bits per heavy atom. The molecule has 0 heterocycles. The zero-order valence-corrected chi connectivity index (χ0v) is 11.1. The van der Waals surface area contributed by atoms with Crippen molar-refractivity contribution in [1.82, 2.24) is 5.32 Å². The fraction of sp³-hybridized carbons (Fsp3) is 0.417. The number of aliphatic imine (C=N–C) groups is 1. The molecule has 0 saturated heterocycles. The lowest BCUT2D eigenvalue weighted by Gasteiger charge is -2.14. The topological polar surface area (TPSA) is 78.1 Å². The minimum absolute atomic E-state index is 0.378. The van der Waals surface area contributed by atoms with Crippen LogP contribution in [0.4, 0.5) is 0 Å². The monoisotopic (exact) mass is 253 g/mol. The highest BCUT2D eigenvalue weighted by Crippen LogP contribution is 2.38. The highest BCUT2D eigenvalue weighted by atomic mass is 16.5. The van der Waals surface area contributed by atoms with E-state index in [0.717, 1.165) is 5.56 Å². The number of benzene rings is 1. The van der Waals surface area contributed by atoms with Gasteiger partial charge in [0, 0.05) is 13.6 Å². The number of guanidine groups is 1. The SMILES string of the molecule is CN=C(N)NCc1cc(OC)c(OC)c(OC)c1. The van der Waals surface area contributed by atoms with Gasteiger partial charge >= 0.3 is 0 Å². The fourth-order valence-electron chi connectivity index (χ4n) is 1.51. The molecule has 0 unspecified atom stereocenters. The predicted octanol–water partition coefficient (Wildman–Crippen LogP) is 0.747. The average molecular weight is 253 g/mol. The van der Waals surface area contributed by atoms with Crippen LogP contribution >= 0.6 is 0 Å². The molecule has 1 aromatic rings. The predicted molar refractivity (Wildman–Crippen MR) is 70.5 cm³/mol. The summed E-state index contributed by atoms with van der Waals surface area (Å²) in [7, 11) is 6.35. The maximum atomic E-state index is 5.57. The van der Waals surface area contributed by atoms with Crippen LogP contribution in [-0.4, -0.2) is 34.3 Å². The molecule has 100 valence electrons. The van der Waals surface area contributed by atoms with Crippen molar-refractivity contribution in [2.75, 3.05) is 28.4 Å². The molecule has 0 bridgehead atoms. The molecule has 0 aliphatic rings. The number of hydrogen-bond donors (Lipinski definition) is 2. The molecule has 1 rings (SSSR count). The first-order valence-electron chi connectivity index (χ1n) is 5.41. The molecule has 0 amide bonds. The molecule has 0 aromatic heterocycles. The van der Waals surface area contributed by atoms with E-state index in [0.29, 0.717) is 29.8 Å². The molecule has 1 aromatic carbocycles. The Morgan fingerprint density at radius 3 is 2.11 bits per heavy atom. The molecule has 0 spiro atoms. The van der Waals surface area contributed by atoms with Crippen LogP contribution < -0.4 is 25.3 Å². The Bertz CT molecular complexity index is 408. The summed E-state index contributed by atoms with van der Waals surface area (Å²) in [5.74, 6) is 2.17. The molecule has 0 aliphatic heterocycles. The number of ether oxygens (including phenoxy) is 3. The summed E-state index contributed by atoms with van der Waals surface area (Å²) in [5.41, 5.74) is 6.52. The van der Waals surface area contributed by atoms with Crippen molar-refractivity contribution in [3.63, 3.8) is 0 Å². The van der Waals surface area contributed by atoms with Crippen LogP contribution in [0.1, 0.15) is 5.56 Å². The van der Waals surface area contributed by atoms with E-state index in [2.05, 4.69) is 10.3 Å². The third-order valence-corrected chi connectivity index (χ3v) is 2.44. The number of nitrogens with zero attached hydrogens (tertiary/aromatic N) is 1. The van der Waals surface area contributed by atoms with Gasteiger partial charge in [0.15, 0.2) is 17.5 Å². The first-order valence-corrected chi connectivity index (χ1v) is 5.41. The smallest absolute Gasteiger partial charge is 0.203 e. The zero-order valence-electron chi connectivity index (χ0n) is 11.1. The van der Waals surface area contributed by atoms with Crippen molar-refractivity contribution in [3.8, 4) is 17.2 Å². The summed E-state index contributed by atoms with van der Waals surface area (Å²) in [6, 6.07) is 3.72. The first kappa shape index (κ1) is 14.0. The van der Waals surface area contributed by atoms with Crippen LogP contribution in [0.25, 0.3) is 0 Å². The minimum Gasteiger partial charge on any atom is -0.493 e. The third kappa shape index (κ3) is 3.19. The summed E-state index contributed by atoms with van der Waals surface area (Å²) < 4.78 is 15.8. The summed E-state index contributed by atoms with van der Waals surface area (Å²) in [6.45, 7) is 0.528. The summed E-state index contributed by atoms with van der Waals surface area (Å²) in [6.07, 6.45) is 0. The highest BCUT2D eigenvalue weighted by Gasteiger charge is 2.12. The van der Waals surface area contributed by atoms with Crippen molar-refractivity contribution in [3.05, 3.63) is 17.7 Å². The van der Waals surface area contributed by atoms with Crippen LogP contribution in [0, 0.1) is 0 Å². The van der Waals surface area contributed by atoms with Gasteiger partial charge in [-0.05, 0) is 17.7 Å². The van der Waals surface area contributed by atoms with Crippen molar-refractivity contribution in [2.24, 2.45) is 10.7 Å². The van der Waals surface area contributed by atoms with Gasteiger partial charge in [-0.3, -0.25) is 4.99 Å². The number of methoxy groups -OCH3 is 3. The second-order valence-electron chi connectivity index (χ2n) is 3.50. The summed E-state index contributed by atoms with van der Waals surface area (Å²) in [4.78, 5) is 3.82. The van der Waals surface area contributed by atoms with Crippen molar-refractivity contribution in [2.45, 2.75) is 6.54 Å². The molecule has 6 heteroatoms. The second kappa shape index (κ2) is 6.58. The van der Waals surface area contributed by atoms with Gasteiger partial charge in [0.2, 0.25) is 5.75 Å². The molecular weight excluding hydrogens is 234 g/mol. The van der Waals surface area contributed by atoms with Gasteiger partial charge in [-0.2, -0.15) is 0 Å². The second-order valence-corrected chi connectivity index (χ2v) is 3.50. The number of hydrogen-bond acceptors (Lipinski definition) is 4. The zero-order chi connectivity index (χ0) is 13.5. The van der Waals surface area contributed by atoms with E-state index in [-0.39, 0.29) is 0 Å². The molecule has 0 saturated carbocycles. The number of rotatable bonds is 5. The van der Waals surface area contributed by atoms with E-state index in [9.17, 15) is 0 Å². The molecule has 18 heavy (non-hydrogen) atoms. The maximum Gasteiger partial charge on any atom is 0.203 e. The highest BCUT2D eigenvalue weighted by molar-refractivity contribution is 5.77. The molecule has 6 nitrogen and oxygen atoms in total. The Kier molecular flexibility index (Phi) is 5.10.